The fraction of sp³-hybridized carbons (Fsp3) is 0.435. The van der Waals surface area contributed by atoms with Crippen molar-refractivity contribution in [1.29, 1.82) is 0 Å². The molecule has 0 saturated carbocycles. The van der Waals surface area contributed by atoms with E-state index in [-0.39, 0.29) is 11.3 Å². The van der Waals surface area contributed by atoms with E-state index >= 15 is 0 Å². The molecule has 1 N–H and O–H groups in total. The Bertz CT molecular complexity index is 1080. The maximum atomic E-state index is 12.9. The van der Waals surface area contributed by atoms with Crippen LogP contribution in [-0.2, 0) is 19.4 Å². The predicted octanol–water partition coefficient (Wildman–Crippen LogP) is 5.28. The van der Waals surface area contributed by atoms with Crippen LogP contribution in [0.5, 0.6) is 0 Å². The molecule has 30 heavy (non-hydrogen) atoms. The van der Waals surface area contributed by atoms with Crippen molar-refractivity contribution in [1.82, 2.24) is 14.9 Å². The van der Waals surface area contributed by atoms with Crippen molar-refractivity contribution in [3.8, 4) is 0 Å². The molecule has 158 valence electrons. The van der Waals surface area contributed by atoms with E-state index in [1.54, 1.807) is 0 Å². The van der Waals surface area contributed by atoms with E-state index in [0.29, 0.717) is 29.0 Å². The molecule has 0 fully saturated rings. The quantitative estimate of drug-likeness (QED) is 0.615. The number of carbonyl (C=O) groups excluding carboxylic acids is 1. The van der Waals surface area contributed by atoms with Gasteiger partial charge < -0.3 is 9.84 Å². The van der Waals surface area contributed by atoms with Crippen LogP contribution in [0.4, 0.5) is 5.82 Å². The van der Waals surface area contributed by atoms with Crippen LogP contribution in [0.1, 0.15) is 60.3 Å². The zero-order valence-electron chi connectivity index (χ0n) is 17.8. The number of benzene rings is 1. The van der Waals surface area contributed by atoms with Gasteiger partial charge in [0.1, 0.15) is 5.76 Å². The summed E-state index contributed by atoms with van der Waals surface area (Å²) in [6, 6.07) is 9.52. The molecule has 1 aliphatic rings. The summed E-state index contributed by atoms with van der Waals surface area (Å²) in [7, 11) is 0. The highest BCUT2D eigenvalue weighted by Gasteiger charge is 2.34. The first-order valence-corrected chi connectivity index (χ1v) is 10.7. The molecule has 1 aromatic carbocycles. The molecule has 2 heterocycles. The van der Waals surface area contributed by atoms with Crippen molar-refractivity contribution in [3.05, 3.63) is 63.6 Å². The number of hydrogen-bond donors (Lipinski definition) is 1. The average molecular weight is 427 g/mol. The van der Waals surface area contributed by atoms with Crippen LogP contribution in [0.2, 0.25) is 5.02 Å². The molecule has 0 aliphatic heterocycles. The molecule has 3 aromatic rings. The van der Waals surface area contributed by atoms with Crippen LogP contribution < -0.4 is 5.32 Å². The Morgan fingerprint density at radius 2 is 2.10 bits per heavy atom. The summed E-state index contributed by atoms with van der Waals surface area (Å²) in [5, 5.41) is 12.2. The Labute approximate surface area is 181 Å². The summed E-state index contributed by atoms with van der Waals surface area (Å²) in [6.45, 7) is 9.21. The molecular weight excluding hydrogens is 400 g/mol. The zero-order valence-corrected chi connectivity index (χ0v) is 18.6. The highest BCUT2D eigenvalue weighted by Crippen LogP contribution is 2.38. The van der Waals surface area contributed by atoms with Gasteiger partial charge in [0.25, 0.3) is 5.91 Å². The minimum absolute atomic E-state index is 0.178. The standard InChI is InChI=1S/C23H27ClN4O2/c1-14-11-20(26-28(14)13-15-7-5-6-8-18(15)24)25-22(29)21-17-12-16(23(2,3)4)9-10-19(17)30-27-21/h5-8,11,16H,9-10,12-13H2,1-4H3,(H,25,26,29). The van der Waals surface area contributed by atoms with Gasteiger partial charge in [0.2, 0.25) is 0 Å². The lowest BCUT2D eigenvalue weighted by molar-refractivity contribution is 0.101. The van der Waals surface area contributed by atoms with Gasteiger partial charge in [-0.2, -0.15) is 5.10 Å². The Hall–Kier alpha value is -2.60. The minimum Gasteiger partial charge on any atom is -0.360 e. The predicted molar refractivity (Wildman–Crippen MR) is 117 cm³/mol. The van der Waals surface area contributed by atoms with Gasteiger partial charge in [-0.3, -0.25) is 9.48 Å². The van der Waals surface area contributed by atoms with Crippen molar-refractivity contribution in [2.45, 2.75) is 53.5 Å². The fourth-order valence-electron chi connectivity index (χ4n) is 4.02. The highest BCUT2D eigenvalue weighted by atomic mass is 35.5. The molecule has 4 rings (SSSR count). The number of nitrogens with one attached hydrogen (secondary N) is 1. The topological polar surface area (TPSA) is 73.0 Å². The summed E-state index contributed by atoms with van der Waals surface area (Å²) in [5.74, 6) is 1.54. The summed E-state index contributed by atoms with van der Waals surface area (Å²) in [6.07, 6.45) is 2.69. The Morgan fingerprint density at radius 3 is 2.83 bits per heavy atom. The van der Waals surface area contributed by atoms with E-state index < -0.39 is 0 Å². The Kier molecular flexibility index (Phi) is 5.45. The number of halogens is 1. The molecular formula is C23H27ClN4O2. The normalized spacial score (nSPS) is 16.4. The second kappa shape index (κ2) is 7.91. The summed E-state index contributed by atoms with van der Waals surface area (Å²) in [4.78, 5) is 12.9. The number of aryl methyl sites for hydroxylation is 2. The number of hydrogen-bond acceptors (Lipinski definition) is 4. The van der Waals surface area contributed by atoms with Crippen LogP contribution in [0.25, 0.3) is 0 Å². The second-order valence-electron chi connectivity index (χ2n) is 9.11. The SMILES string of the molecule is Cc1cc(NC(=O)c2noc3c2CC(C(C)(C)C)CC3)nn1Cc1ccccc1Cl. The van der Waals surface area contributed by atoms with E-state index in [9.17, 15) is 4.79 Å². The van der Waals surface area contributed by atoms with Crippen LogP contribution in [0.3, 0.4) is 0 Å². The van der Waals surface area contributed by atoms with Crippen molar-refractivity contribution in [2.24, 2.45) is 11.3 Å². The number of fused-ring (bicyclic) bond motifs is 1. The lowest BCUT2D eigenvalue weighted by atomic mass is 9.71. The van der Waals surface area contributed by atoms with Crippen molar-refractivity contribution in [3.63, 3.8) is 0 Å². The van der Waals surface area contributed by atoms with Crippen LogP contribution >= 0.6 is 11.6 Å². The van der Waals surface area contributed by atoms with Gasteiger partial charge in [-0.25, -0.2) is 0 Å². The van der Waals surface area contributed by atoms with Gasteiger partial charge in [-0.05, 0) is 42.7 Å². The number of carbonyl (C=O) groups is 1. The number of amides is 1. The smallest absolute Gasteiger partial charge is 0.279 e. The molecule has 2 aromatic heterocycles. The third-order valence-corrected chi connectivity index (χ3v) is 6.35. The van der Waals surface area contributed by atoms with E-state index in [4.69, 9.17) is 16.1 Å². The van der Waals surface area contributed by atoms with Gasteiger partial charge in [-0.1, -0.05) is 55.7 Å². The maximum absolute atomic E-state index is 12.9. The molecule has 0 bridgehead atoms. The summed E-state index contributed by atoms with van der Waals surface area (Å²) in [5.41, 5.74) is 3.39. The molecule has 7 heteroatoms. The maximum Gasteiger partial charge on any atom is 0.279 e. The van der Waals surface area contributed by atoms with Crippen LogP contribution in [-0.4, -0.2) is 20.8 Å². The number of aromatic nitrogens is 3. The van der Waals surface area contributed by atoms with Crippen LogP contribution in [0.15, 0.2) is 34.9 Å². The van der Waals surface area contributed by atoms with E-state index in [0.717, 1.165) is 41.8 Å². The van der Waals surface area contributed by atoms with E-state index in [1.807, 2.05) is 41.9 Å². The molecule has 0 saturated heterocycles. The first-order valence-electron chi connectivity index (χ1n) is 10.3. The lowest BCUT2D eigenvalue weighted by Crippen LogP contribution is -2.27. The van der Waals surface area contributed by atoms with Gasteiger partial charge in [0.15, 0.2) is 11.5 Å². The molecule has 0 radical (unpaired) electrons. The third-order valence-electron chi connectivity index (χ3n) is 5.98. The van der Waals surface area contributed by atoms with E-state index in [1.165, 1.54) is 0 Å². The van der Waals surface area contributed by atoms with Gasteiger partial charge >= 0.3 is 0 Å². The van der Waals surface area contributed by atoms with Crippen molar-refractivity contribution >= 4 is 23.3 Å². The molecule has 1 unspecified atom stereocenters. The number of rotatable bonds is 4. The fourth-order valence-corrected chi connectivity index (χ4v) is 4.21. The monoisotopic (exact) mass is 426 g/mol. The highest BCUT2D eigenvalue weighted by molar-refractivity contribution is 6.31. The molecule has 1 aliphatic carbocycles. The summed E-state index contributed by atoms with van der Waals surface area (Å²) < 4.78 is 7.30. The summed E-state index contributed by atoms with van der Waals surface area (Å²) >= 11 is 6.27. The zero-order chi connectivity index (χ0) is 21.5. The molecule has 6 nitrogen and oxygen atoms in total. The van der Waals surface area contributed by atoms with Crippen molar-refractivity contribution in [2.75, 3.05) is 5.32 Å². The van der Waals surface area contributed by atoms with Gasteiger partial charge in [0, 0.05) is 28.8 Å². The largest absolute Gasteiger partial charge is 0.360 e. The second-order valence-corrected chi connectivity index (χ2v) is 9.52. The molecule has 0 spiro atoms. The Balaban J connectivity index is 1.51. The third kappa shape index (κ3) is 4.15. The lowest BCUT2D eigenvalue weighted by Gasteiger charge is -2.33. The Morgan fingerprint density at radius 1 is 1.33 bits per heavy atom. The average Bonchev–Trinajstić information content (AvgIpc) is 3.25. The van der Waals surface area contributed by atoms with Gasteiger partial charge in [-0.15, -0.1) is 0 Å². The van der Waals surface area contributed by atoms with Crippen LogP contribution in [0, 0.1) is 18.3 Å². The minimum atomic E-state index is -0.281. The first kappa shape index (κ1) is 20.7. The van der Waals surface area contributed by atoms with E-state index in [2.05, 4.69) is 36.3 Å². The number of anilines is 1. The first-order chi connectivity index (χ1) is 14.2. The molecule has 1 atom stereocenters. The number of nitrogens with zero attached hydrogens (tertiary/aromatic N) is 3. The molecule has 1 amide bonds. The van der Waals surface area contributed by atoms with Gasteiger partial charge in [0.05, 0.1) is 6.54 Å². The van der Waals surface area contributed by atoms with Crippen molar-refractivity contribution < 1.29 is 9.32 Å².